The van der Waals surface area contributed by atoms with Gasteiger partial charge < -0.3 is 15.7 Å². The zero-order chi connectivity index (χ0) is 20.5. The van der Waals surface area contributed by atoms with Crippen LogP contribution >= 0.6 is 0 Å². The first-order valence-corrected chi connectivity index (χ1v) is 9.03. The Morgan fingerprint density at radius 3 is 2.52 bits per heavy atom. The second-order valence-electron chi connectivity index (χ2n) is 6.79. The van der Waals surface area contributed by atoms with Crippen molar-refractivity contribution in [2.75, 3.05) is 10.6 Å². The van der Waals surface area contributed by atoms with Gasteiger partial charge in [-0.05, 0) is 43.2 Å². The van der Waals surface area contributed by atoms with E-state index in [1.54, 1.807) is 16.8 Å². The minimum atomic E-state index is -1.01. The Labute approximate surface area is 166 Å². The third kappa shape index (κ3) is 3.36. The average molecular weight is 389 g/mol. The molecule has 4 rings (SSSR count). The highest BCUT2D eigenvalue weighted by Crippen LogP contribution is 2.35. The molecule has 0 saturated carbocycles. The number of aryl methyl sites for hydroxylation is 1. The number of aromatic carboxylic acids is 1. The number of anilines is 2. The van der Waals surface area contributed by atoms with E-state index in [-0.39, 0.29) is 11.5 Å². The van der Waals surface area contributed by atoms with E-state index in [0.29, 0.717) is 17.2 Å². The first-order valence-electron chi connectivity index (χ1n) is 9.03. The van der Waals surface area contributed by atoms with Gasteiger partial charge in [-0.1, -0.05) is 30.3 Å². The fourth-order valence-corrected chi connectivity index (χ4v) is 3.40. The second kappa shape index (κ2) is 7.23. The molecule has 0 aliphatic carbocycles. The topological polar surface area (TPSA) is 109 Å². The molecule has 3 aromatic rings. The number of hydrogen-bond donors (Lipinski definition) is 3. The third-order valence-corrected chi connectivity index (χ3v) is 4.91. The van der Waals surface area contributed by atoms with Crippen molar-refractivity contribution in [3.05, 3.63) is 82.8 Å². The van der Waals surface area contributed by atoms with E-state index in [1.165, 1.54) is 18.5 Å². The summed E-state index contributed by atoms with van der Waals surface area (Å²) in [6.45, 7) is 3.73. The summed E-state index contributed by atoms with van der Waals surface area (Å²) in [5, 5.41) is 19.5. The minimum absolute atomic E-state index is 0.174. The molecule has 1 amide bonds. The lowest BCUT2D eigenvalue weighted by Gasteiger charge is -2.29. The van der Waals surface area contributed by atoms with Crippen LogP contribution < -0.4 is 10.6 Å². The number of rotatable bonds is 4. The van der Waals surface area contributed by atoms with Crippen LogP contribution in [0.1, 0.15) is 34.5 Å². The van der Waals surface area contributed by atoms with Gasteiger partial charge in [0.1, 0.15) is 12.4 Å². The fraction of sp³-hybridized carbons (Fsp3) is 0.143. The molecule has 1 aliphatic heterocycles. The number of allylic oxidation sites excluding steroid dienone is 1. The van der Waals surface area contributed by atoms with Crippen LogP contribution in [0.3, 0.4) is 0 Å². The van der Waals surface area contributed by atoms with Crippen LogP contribution in [-0.4, -0.2) is 31.7 Å². The summed E-state index contributed by atoms with van der Waals surface area (Å²) in [6.07, 6.45) is 1.41. The monoisotopic (exact) mass is 389 g/mol. The second-order valence-corrected chi connectivity index (χ2v) is 6.79. The van der Waals surface area contributed by atoms with Crippen molar-refractivity contribution in [2.45, 2.75) is 19.9 Å². The highest BCUT2D eigenvalue weighted by Gasteiger charge is 2.33. The van der Waals surface area contributed by atoms with Gasteiger partial charge in [0.25, 0.3) is 5.91 Å². The van der Waals surface area contributed by atoms with Gasteiger partial charge in [-0.2, -0.15) is 10.1 Å². The smallest absolute Gasteiger partial charge is 0.335 e. The van der Waals surface area contributed by atoms with Gasteiger partial charge in [-0.3, -0.25) is 4.79 Å². The van der Waals surface area contributed by atoms with Crippen molar-refractivity contribution in [2.24, 2.45) is 0 Å². The van der Waals surface area contributed by atoms with Gasteiger partial charge >= 0.3 is 5.97 Å². The Kier molecular flexibility index (Phi) is 4.59. The Morgan fingerprint density at radius 2 is 1.83 bits per heavy atom. The SMILES string of the molecule is CC1=C(C(=O)Nc2ccccc2C)C(c2ccc(C(=O)O)cc2)n2ncnc2N1. The van der Waals surface area contributed by atoms with Crippen LogP contribution in [0.5, 0.6) is 0 Å². The molecule has 2 aromatic carbocycles. The molecule has 1 atom stereocenters. The normalized spacial score (nSPS) is 15.4. The van der Waals surface area contributed by atoms with Gasteiger partial charge in [0, 0.05) is 11.4 Å². The zero-order valence-electron chi connectivity index (χ0n) is 15.9. The number of carboxylic acids is 1. The highest BCUT2D eigenvalue weighted by molar-refractivity contribution is 6.06. The molecule has 0 bridgehead atoms. The number of carbonyl (C=O) groups excluding carboxylic acids is 1. The van der Waals surface area contributed by atoms with Crippen LogP contribution in [0.25, 0.3) is 0 Å². The minimum Gasteiger partial charge on any atom is -0.478 e. The summed E-state index contributed by atoms with van der Waals surface area (Å²) in [5.41, 5.74) is 3.72. The van der Waals surface area contributed by atoms with Crippen molar-refractivity contribution < 1.29 is 14.7 Å². The Balaban J connectivity index is 1.76. The van der Waals surface area contributed by atoms with Gasteiger partial charge in [0.15, 0.2) is 0 Å². The van der Waals surface area contributed by atoms with E-state index in [2.05, 4.69) is 20.7 Å². The molecule has 29 heavy (non-hydrogen) atoms. The summed E-state index contributed by atoms with van der Waals surface area (Å²) in [6, 6.07) is 13.4. The van der Waals surface area contributed by atoms with E-state index in [1.807, 2.05) is 38.1 Å². The molecule has 1 unspecified atom stereocenters. The van der Waals surface area contributed by atoms with Crippen LogP contribution in [0.4, 0.5) is 11.6 Å². The maximum Gasteiger partial charge on any atom is 0.335 e. The Bertz CT molecular complexity index is 1130. The van der Waals surface area contributed by atoms with E-state index in [4.69, 9.17) is 0 Å². The molecular formula is C21H19N5O3. The molecule has 3 N–H and O–H groups in total. The van der Waals surface area contributed by atoms with Crippen LogP contribution in [-0.2, 0) is 4.79 Å². The lowest BCUT2D eigenvalue weighted by molar-refractivity contribution is -0.113. The molecule has 1 aliphatic rings. The van der Waals surface area contributed by atoms with E-state index >= 15 is 0 Å². The Morgan fingerprint density at radius 1 is 1.10 bits per heavy atom. The Hall–Kier alpha value is -3.94. The maximum atomic E-state index is 13.3. The van der Waals surface area contributed by atoms with E-state index in [9.17, 15) is 14.7 Å². The van der Waals surface area contributed by atoms with Crippen molar-refractivity contribution in [1.82, 2.24) is 14.8 Å². The van der Waals surface area contributed by atoms with Crippen LogP contribution in [0, 0.1) is 6.92 Å². The van der Waals surface area contributed by atoms with Crippen LogP contribution in [0.15, 0.2) is 66.1 Å². The van der Waals surface area contributed by atoms with Crippen molar-refractivity contribution in [3.63, 3.8) is 0 Å². The summed E-state index contributed by atoms with van der Waals surface area (Å²) in [4.78, 5) is 28.7. The standard InChI is InChI=1S/C21H19N5O3/c1-12-5-3-4-6-16(12)25-19(27)17-13(2)24-21-22-11-23-26(21)18(17)14-7-9-15(10-8-14)20(28)29/h3-11,18H,1-2H3,(H,25,27)(H,28,29)(H,22,23,24). The zero-order valence-corrected chi connectivity index (χ0v) is 15.9. The van der Waals surface area contributed by atoms with Gasteiger partial charge in [0.2, 0.25) is 5.95 Å². The number of amides is 1. The molecule has 1 aromatic heterocycles. The number of carboxylic acid groups (broad SMARTS) is 1. The van der Waals surface area contributed by atoms with Crippen molar-refractivity contribution in [1.29, 1.82) is 0 Å². The molecule has 146 valence electrons. The number of fused-ring (bicyclic) bond motifs is 1. The van der Waals surface area contributed by atoms with E-state index < -0.39 is 12.0 Å². The van der Waals surface area contributed by atoms with Crippen molar-refractivity contribution in [3.8, 4) is 0 Å². The van der Waals surface area contributed by atoms with Gasteiger partial charge in [-0.25, -0.2) is 9.48 Å². The molecule has 8 nitrogen and oxygen atoms in total. The molecule has 0 saturated heterocycles. The number of nitrogens with one attached hydrogen (secondary N) is 2. The average Bonchev–Trinajstić information content (AvgIpc) is 3.16. The van der Waals surface area contributed by atoms with E-state index in [0.717, 1.165) is 16.8 Å². The number of benzene rings is 2. The van der Waals surface area contributed by atoms with Crippen molar-refractivity contribution >= 4 is 23.5 Å². The number of hydrogen-bond acceptors (Lipinski definition) is 5. The number of carbonyl (C=O) groups is 2. The molecule has 2 heterocycles. The first-order chi connectivity index (χ1) is 14.0. The van der Waals surface area contributed by atoms with Gasteiger partial charge in [-0.15, -0.1) is 0 Å². The highest BCUT2D eigenvalue weighted by atomic mass is 16.4. The number of nitrogens with zero attached hydrogens (tertiary/aromatic N) is 3. The maximum absolute atomic E-state index is 13.3. The number of para-hydroxylation sites is 1. The first kappa shape index (κ1) is 18.4. The third-order valence-electron chi connectivity index (χ3n) is 4.91. The molecule has 0 radical (unpaired) electrons. The number of aromatic nitrogens is 3. The summed E-state index contributed by atoms with van der Waals surface area (Å²) in [7, 11) is 0. The molecular weight excluding hydrogens is 370 g/mol. The lowest BCUT2D eigenvalue weighted by atomic mass is 9.94. The summed E-state index contributed by atoms with van der Waals surface area (Å²) >= 11 is 0. The summed E-state index contributed by atoms with van der Waals surface area (Å²) < 4.78 is 1.62. The summed E-state index contributed by atoms with van der Waals surface area (Å²) in [5.74, 6) is -0.757. The quantitative estimate of drug-likeness (QED) is 0.632. The predicted molar refractivity (Wildman–Crippen MR) is 108 cm³/mol. The molecule has 0 spiro atoms. The molecule has 0 fully saturated rings. The molecule has 8 heteroatoms. The lowest BCUT2D eigenvalue weighted by Crippen LogP contribution is -2.31. The van der Waals surface area contributed by atoms with Crippen LogP contribution in [0.2, 0.25) is 0 Å². The largest absolute Gasteiger partial charge is 0.478 e. The fourth-order valence-electron chi connectivity index (χ4n) is 3.40. The van der Waals surface area contributed by atoms with Gasteiger partial charge in [0.05, 0.1) is 11.1 Å². The predicted octanol–water partition coefficient (Wildman–Crippen LogP) is 3.21.